The van der Waals surface area contributed by atoms with Gasteiger partial charge >= 0.3 is 0 Å². The van der Waals surface area contributed by atoms with Gasteiger partial charge in [0.2, 0.25) is 5.95 Å². The van der Waals surface area contributed by atoms with Crippen LogP contribution >= 0.6 is 11.6 Å². The van der Waals surface area contributed by atoms with Gasteiger partial charge < -0.3 is 14.8 Å². The second-order valence-corrected chi connectivity index (χ2v) is 5.01. The zero-order valence-electron chi connectivity index (χ0n) is 11.6. The van der Waals surface area contributed by atoms with Gasteiger partial charge in [-0.2, -0.15) is 0 Å². The number of nitrogens with one attached hydrogen (secondary N) is 1. The molecule has 0 spiro atoms. The molecule has 0 amide bonds. The molecule has 0 bridgehead atoms. The minimum absolute atomic E-state index is 0.495. The highest BCUT2D eigenvalue weighted by Crippen LogP contribution is 2.23. The highest BCUT2D eigenvalue weighted by molar-refractivity contribution is 6.32. The van der Waals surface area contributed by atoms with Crippen molar-refractivity contribution in [1.82, 2.24) is 14.5 Å². The van der Waals surface area contributed by atoms with E-state index >= 15 is 0 Å². The smallest absolute Gasteiger partial charge is 0.204 e. The first-order chi connectivity index (χ1) is 9.00. The predicted molar refractivity (Wildman–Crippen MR) is 78.8 cm³/mol. The van der Waals surface area contributed by atoms with Gasteiger partial charge in [0.15, 0.2) is 5.15 Å². The van der Waals surface area contributed by atoms with Gasteiger partial charge in [0.05, 0.1) is 24.1 Å². The number of rotatable bonds is 4. The van der Waals surface area contributed by atoms with Crippen molar-refractivity contribution in [3.05, 3.63) is 34.9 Å². The normalized spacial score (nSPS) is 10.6. The quantitative estimate of drug-likeness (QED) is 0.874. The van der Waals surface area contributed by atoms with Crippen LogP contribution in [0.5, 0.6) is 0 Å². The molecule has 0 aliphatic rings. The van der Waals surface area contributed by atoms with Crippen LogP contribution in [-0.2, 0) is 13.6 Å². The number of hydrogen-bond donors (Lipinski definition) is 1. The molecule has 2 aromatic rings. The second kappa shape index (κ2) is 5.48. The maximum Gasteiger partial charge on any atom is 0.204 e. The van der Waals surface area contributed by atoms with Crippen LogP contribution in [-0.4, -0.2) is 28.6 Å². The number of nitrogens with zero attached hydrogens (tertiary/aromatic N) is 4. The van der Waals surface area contributed by atoms with Crippen molar-refractivity contribution >= 4 is 23.2 Å². The zero-order valence-corrected chi connectivity index (χ0v) is 12.4. The average molecular weight is 280 g/mol. The van der Waals surface area contributed by atoms with Crippen LogP contribution < -0.4 is 10.2 Å². The van der Waals surface area contributed by atoms with Gasteiger partial charge in [0.25, 0.3) is 0 Å². The second-order valence-electron chi connectivity index (χ2n) is 4.65. The molecule has 2 rings (SSSR count). The lowest BCUT2D eigenvalue weighted by atomic mass is 10.2. The van der Waals surface area contributed by atoms with Crippen molar-refractivity contribution in [2.24, 2.45) is 7.05 Å². The Hall–Kier alpha value is -1.75. The van der Waals surface area contributed by atoms with Crippen LogP contribution in [0.1, 0.15) is 11.3 Å². The van der Waals surface area contributed by atoms with Gasteiger partial charge in [-0.25, -0.2) is 9.97 Å². The number of hydrogen-bond acceptors (Lipinski definition) is 4. The third kappa shape index (κ3) is 2.81. The van der Waals surface area contributed by atoms with Crippen molar-refractivity contribution < 1.29 is 0 Å². The van der Waals surface area contributed by atoms with E-state index in [1.807, 2.05) is 49.8 Å². The van der Waals surface area contributed by atoms with E-state index in [2.05, 4.69) is 15.3 Å². The molecule has 0 aromatic carbocycles. The lowest BCUT2D eigenvalue weighted by molar-refractivity contribution is 0.813. The molecule has 5 nitrogen and oxygen atoms in total. The Bertz CT molecular complexity index is 556. The molecule has 0 saturated heterocycles. The summed E-state index contributed by atoms with van der Waals surface area (Å²) in [6.45, 7) is 2.66. The Morgan fingerprint density at radius 2 is 2.11 bits per heavy atom. The SMILES string of the molecule is Cc1ccnc(Cl)c1NCc1cnc(N(C)C)n1C. The number of aryl methyl sites for hydroxylation is 1. The van der Waals surface area contributed by atoms with E-state index in [9.17, 15) is 0 Å². The lowest BCUT2D eigenvalue weighted by Crippen LogP contribution is -2.15. The monoisotopic (exact) mass is 279 g/mol. The summed E-state index contributed by atoms with van der Waals surface area (Å²) < 4.78 is 2.05. The Kier molecular flexibility index (Phi) is 3.95. The van der Waals surface area contributed by atoms with E-state index in [-0.39, 0.29) is 0 Å². The van der Waals surface area contributed by atoms with Gasteiger partial charge in [-0.3, -0.25) is 0 Å². The van der Waals surface area contributed by atoms with E-state index in [1.54, 1.807) is 6.20 Å². The van der Waals surface area contributed by atoms with Gasteiger partial charge in [-0.05, 0) is 18.6 Å². The molecule has 19 heavy (non-hydrogen) atoms. The Labute approximate surface area is 118 Å². The number of halogens is 1. The minimum Gasteiger partial charge on any atom is -0.377 e. The molecular formula is C13H18ClN5. The third-order valence-electron chi connectivity index (χ3n) is 3.02. The summed E-state index contributed by atoms with van der Waals surface area (Å²) in [7, 11) is 5.94. The van der Waals surface area contributed by atoms with Gasteiger partial charge in [0.1, 0.15) is 0 Å². The third-order valence-corrected chi connectivity index (χ3v) is 3.31. The summed E-state index contributed by atoms with van der Waals surface area (Å²) >= 11 is 6.09. The Balaban J connectivity index is 2.15. The van der Waals surface area contributed by atoms with Crippen molar-refractivity contribution in [2.75, 3.05) is 24.3 Å². The van der Waals surface area contributed by atoms with Crippen LogP contribution in [0.3, 0.4) is 0 Å². The van der Waals surface area contributed by atoms with Crippen molar-refractivity contribution in [1.29, 1.82) is 0 Å². The number of aromatic nitrogens is 3. The zero-order chi connectivity index (χ0) is 14.0. The molecule has 0 aliphatic carbocycles. The van der Waals surface area contributed by atoms with E-state index in [0.717, 1.165) is 22.9 Å². The highest BCUT2D eigenvalue weighted by Gasteiger charge is 2.09. The lowest BCUT2D eigenvalue weighted by Gasteiger charge is -2.14. The molecule has 2 heterocycles. The fourth-order valence-corrected chi connectivity index (χ4v) is 2.20. The fraction of sp³-hybridized carbons (Fsp3) is 0.385. The molecule has 0 unspecified atom stereocenters. The van der Waals surface area contributed by atoms with E-state index in [1.165, 1.54) is 0 Å². The summed E-state index contributed by atoms with van der Waals surface area (Å²) in [5.74, 6) is 0.922. The first-order valence-electron chi connectivity index (χ1n) is 6.03. The summed E-state index contributed by atoms with van der Waals surface area (Å²) in [5, 5.41) is 3.81. The van der Waals surface area contributed by atoms with Gasteiger partial charge in [-0.1, -0.05) is 11.6 Å². The molecule has 102 valence electrons. The first kappa shape index (κ1) is 13.7. The molecule has 0 saturated carbocycles. The Morgan fingerprint density at radius 3 is 2.68 bits per heavy atom. The largest absolute Gasteiger partial charge is 0.377 e. The van der Waals surface area contributed by atoms with E-state index in [0.29, 0.717) is 11.7 Å². The van der Waals surface area contributed by atoms with Crippen LogP contribution in [0.25, 0.3) is 0 Å². The maximum absolute atomic E-state index is 6.09. The first-order valence-corrected chi connectivity index (χ1v) is 6.41. The number of anilines is 2. The van der Waals surface area contributed by atoms with Crippen molar-refractivity contribution in [3.8, 4) is 0 Å². The number of pyridine rings is 1. The molecule has 6 heteroatoms. The molecule has 0 atom stereocenters. The predicted octanol–water partition coefficient (Wildman–Crippen LogP) is 2.46. The Morgan fingerprint density at radius 1 is 1.37 bits per heavy atom. The maximum atomic E-state index is 6.09. The van der Waals surface area contributed by atoms with Crippen LogP contribution in [0.15, 0.2) is 18.5 Å². The molecule has 2 aromatic heterocycles. The summed E-state index contributed by atoms with van der Waals surface area (Å²) in [4.78, 5) is 10.4. The average Bonchev–Trinajstić information content (AvgIpc) is 2.70. The molecule has 1 N–H and O–H groups in total. The summed E-state index contributed by atoms with van der Waals surface area (Å²) in [6, 6.07) is 1.93. The molecule has 0 fully saturated rings. The van der Waals surface area contributed by atoms with Crippen LogP contribution in [0, 0.1) is 6.92 Å². The van der Waals surface area contributed by atoms with Gasteiger partial charge in [-0.15, -0.1) is 0 Å². The molecular weight excluding hydrogens is 262 g/mol. The summed E-state index contributed by atoms with van der Waals surface area (Å²) in [5.41, 5.74) is 3.04. The topological polar surface area (TPSA) is 46.0 Å². The van der Waals surface area contributed by atoms with Crippen LogP contribution in [0.4, 0.5) is 11.6 Å². The molecule has 0 aliphatic heterocycles. The standard InChI is InChI=1S/C13H18ClN5/c1-9-5-6-15-12(14)11(9)16-7-10-8-17-13(18(2)3)19(10)4/h5-6,8,16H,7H2,1-4H3. The number of imidazole rings is 1. The van der Waals surface area contributed by atoms with Crippen LogP contribution in [0.2, 0.25) is 5.15 Å². The van der Waals surface area contributed by atoms with E-state index in [4.69, 9.17) is 11.6 Å². The van der Waals surface area contributed by atoms with Crippen molar-refractivity contribution in [2.45, 2.75) is 13.5 Å². The van der Waals surface area contributed by atoms with Gasteiger partial charge in [0, 0.05) is 27.3 Å². The van der Waals surface area contributed by atoms with E-state index < -0.39 is 0 Å². The van der Waals surface area contributed by atoms with Crippen molar-refractivity contribution in [3.63, 3.8) is 0 Å². The molecule has 0 radical (unpaired) electrons. The highest BCUT2D eigenvalue weighted by atomic mass is 35.5. The fourth-order valence-electron chi connectivity index (χ4n) is 1.93. The minimum atomic E-state index is 0.495. The summed E-state index contributed by atoms with van der Waals surface area (Å²) in [6.07, 6.45) is 3.57.